The molecule has 1 N–H and O–H groups in total. The molecule has 0 aliphatic carbocycles. The number of halogens is 1. The van der Waals surface area contributed by atoms with Crippen molar-refractivity contribution in [3.63, 3.8) is 0 Å². The van der Waals surface area contributed by atoms with Crippen LogP contribution in [0.3, 0.4) is 0 Å². The predicted octanol–water partition coefficient (Wildman–Crippen LogP) is 3.02. The molecular formula is C20H22ClNO6. The third kappa shape index (κ3) is 6.06. The van der Waals surface area contributed by atoms with Gasteiger partial charge in [-0.2, -0.15) is 0 Å². The summed E-state index contributed by atoms with van der Waals surface area (Å²) in [5.74, 6) is 0.194. The molecule has 0 atom stereocenters. The Balaban J connectivity index is 1.77. The summed E-state index contributed by atoms with van der Waals surface area (Å²) in [6.07, 6.45) is 0. The number of benzene rings is 2. The molecule has 7 nitrogen and oxygen atoms in total. The number of carbonyl (C=O) groups excluding carboxylic acids is 2. The number of nitrogens with one attached hydrogen (secondary N) is 1. The smallest absolute Gasteiger partial charge is 0.338 e. The van der Waals surface area contributed by atoms with Gasteiger partial charge in [-0.1, -0.05) is 23.7 Å². The Morgan fingerprint density at radius 2 is 1.89 bits per heavy atom. The molecule has 0 fully saturated rings. The van der Waals surface area contributed by atoms with E-state index in [-0.39, 0.29) is 17.1 Å². The minimum Gasteiger partial charge on any atom is -0.493 e. The van der Waals surface area contributed by atoms with E-state index in [9.17, 15) is 9.59 Å². The largest absolute Gasteiger partial charge is 0.493 e. The van der Waals surface area contributed by atoms with Crippen LogP contribution in [0, 0.1) is 6.92 Å². The van der Waals surface area contributed by atoms with E-state index in [0.717, 1.165) is 11.3 Å². The van der Waals surface area contributed by atoms with Gasteiger partial charge in [-0.3, -0.25) is 4.79 Å². The van der Waals surface area contributed by atoms with E-state index in [1.807, 2.05) is 31.2 Å². The van der Waals surface area contributed by atoms with Crippen molar-refractivity contribution in [1.82, 2.24) is 5.32 Å². The summed E-state index contributed by atoms with van der Waals surface area (Å²) in [6.45, 7) is 2.13. The van der Waals surface area contributed by atoms with Crippen molar-refractivity contribution in [2.75, 3.05) is 34.0 Å². The maximum Gasteiger partial charge on any atom is 0.338 e. The van der Waals surface area contributed by atoms with Gasteiger partial charge < -0.3 is 24.3 Å². The highest BCUT2D eigenvalue weighted by atomic mass is 35.5. The molecule has 0 bridgehead atoms. The van der Waals surface area contributed by atoms with Gasteiger partial charge in [0.15, 0.2) is 18.1 Å². The highest BCUT2D eigenvalue weighted by Crippen LogP contribution is 2.36. The number of hydrogen-bond donors (Lipinski definition) is 1. The van der Waals surface area contributed by atoms with Gasteiger partial charge in [0, 0.05) is 0 Å². The Kier molecular flexibility index (Phi) is 7.95. The second kappa shape index (κ2) is 10.4. The topological polar surface area (TPSA) is 83.1 Å². The molecule has 28 heavy (non-hydrogen) atoms. The molecule has 1 amide bonds. The van der Waals surface area contributed by atoms with Crippen molar-refractivity contribution in [3.8, 4) is 17.2 Å². The molecule has 2 rings (SSSR count). The van der Waals surface area contributed by atoms with Crippen LogP contribution in [0.2, 0.25) is 5.02 Å². The van der Waals surface area contributed by atoms with Gasteiger partial charge >= 0.3 is 5.97 Å². The molecule has 150 valence electrons. The van der Waals surface area contributed by atoms with Crippen LogP contribution in [0.25, 0.3) is 0 Å². The van der Waals surface area contributed by atoms with Crippen molar-refractivity contribution in [1.29, 1.82) is 0 Å². The maximum absolute atomic E-state index is 12.1. The number of carbonyl (C=O) groups is 2. The Bertz CT molecular complexity index is 839. The first-order valence-corrected chi connectivity index (χ1v) is 8.87. The van der Waals surface area contributed by atoms with Gasteiger partial charge in [-0.25, -0.2) is 4.79 Å². The summed E-state index contributed by atoms with van der Waals surface area (Å²) in [5, 5.41) is 2.82. The highest BCUT2D eigenvalue weighted by Gasteiger charge is 2.17. The average molecular weight is 408 g/mol. The van der Waals surface area contributed by atoms with Gasteiger partial charge in [0.25, 0.3) is 5.91 Å². The molecule has 0 saturated carbocycles. The number of rotatable bonds is 9. The summed E-state index contributed by atoms with van der Waals surface area (Å²) < 4.78 is 20.8. The standard InChI is InChI=1S/C20H22ClNO6/c1-13-5-4-6-15(9-13)27-8-7-22-18(23)12-28-20(24)14-10-16(21)19(26-3)17(11-14)25-2/h4-6,9-11H,7-8,12H2,1-3H3,(H,22,23). The molecule has 0 spiro atoms. The maximum atomic E-state index is 12.1. The van der Waals surface area contributed by atoms with E-state index in [4.69, 9.17) is 30.5 Å². The fraction of sp³-hybridized carbons (Fsp3) is 0.300. The molecule has 0 radical (unpaired) electrons. The van der Waals surface area contributed by atoms with Crippen molar-refractivity contribution in [2.24, 2.45) is 0 Å². The lowest BCUT2D eigenvalue weighted by Gasteiger charge is -2.12. The zero-order valence-corrected chi connectivity index (χ0v) is 16.7. The second-order valence-corrected chi connectivity index (χ2v) is 6.19. The summed E-state index contributed by atoms with van der Waals surface area (Å²) in [5.41, 5.74) is 1.24. The number of aryl methyl sites for hydroxylation is 1. The zero-order valence-electron chi connectivity index (χ0n) is 15.9. The molecule has 0 aromatic heterocycles. The Hall–Kier alpha value is -2.93. The molecule has 0 heterocycles. The highest BCUT2D eigenvalue weighted by molar-refractivity contribution is 6.32. The van der Waals surface area contributed by atoms with Gasteiger partial charge in [0.2, 0.25) is 0 Å². The minimum absolute atomic E-state index is 0.151. The molecule has 0 aliphatic heterocycles. The number of methoxy groups -OCH3 is 2. The lowest BCUT2D eigenvalue weighted by molar-refractivity contribution is -0.124. The van der Waals surface area contributed by atoms with E-state index in [2.05, 4.69) is 5.32 Å². The third-order valence-corrected chi connectivity index (χ3v) is 3.97. The van der Waals surface area contributed by atoms with E-state index in [0.29, 0.717) is 18.1 Å². The lowest BCUT2D eigenvalue weighted by Crippen LogP contribution is -2.32. The summed E-state index contributed by atoms with van der Waals surface area (Å²) in [7, 11) is 2.87. The number of esters is 1. The number of amides is 1. The molecule has 0 saturated heterocycles. The Morgan fingerprint density at radius 3 is 2.57 bits per heavy atom. The van der Waals surface area contributed by atoms with E-state index < -0.39 is 18.5 Å². The van der Waals surface area contributed by atoms with Crippen LogP contribution in [-0.2, 0) is 9.53 Å². The fourth-order valence-electron chi connectivity index (χ4n) is 2.37. The lowest BCUT2D eigenvalue weighted by atomic mass is 10.2. The van der Waals surface area contributed by atoms with E-state index in [1.165, 1.54) is 26.4 Å². The number of hydrogen-bond acceptors (Lipinski definition) is 6. The molecule has 0 aliphatic rings. The quantitative estimate of drug-likeness (QED) is 0.508. The first-order chi connectivity index (χ1) is 13.4. The normalized spacial score (nSPS) is 10.1. The SMILES string of the molecule is COc1cc(C(=O)OCC(=O)NCCOc2cccc(C)c2)cc(Cl)c1OC. The summed E-state index contributed by atoms with van der Waals surface area (Å²) in [4.78, 5) is 24.0. The van der Waals surface area contributed by atoms with Crippen molar-refractivity contribution < 1.29 is 28.5 Å². The van der Waals surface area contributed by atoms with Crippen LogP contribution in [0.4, 0.5) is 0 Å². The monoisotopic (exact) mass is 407 g/mol. The van der Waals surface area contributed by atoms with Crippen molar-refractivity contribution >= 4 is 23.5 Å². The average Bonchev–Trinajstić information content (AvgIpc) is 2.68. The van der Waals surface area contributed by atoms with Gasteiger partial charge in [0.1, 0.15) is 12.4 Å². The summed E-state index contributed by atoms with van der Waals surface area (Å²) >= 11 is 6.06. The van der Waals surface area contributed by atoms with Crippen molar-refractivity contribution in [3.05, 3.63) is 52.5 Å². The van der Waals surface area contributed by atoms with E-state index in [1.54, 1.807) is 0 Å². The van der Waals surface area contributed by atoms with Crippen LogP contribution in [0.5, 0.6) is 17.2 Å². The van der Waals surface area contributed by atoms with Crippen LogP contribution in [-0.4, -0.2) is 45.9 Å². The molecule has 2 aromatic rings. The first kappa shape index (κ1) is 21.4. The van der Waals surface area contributed by atoms with Gasteiger partial charge in [-0.05, 0) is 36.8 Å². The molecule has 8 heteroatoms. The number of ether oxygens (including phenoxy) is 4. The molecule has 2 aromatic carbocycles. The molecular weight excluding hydrogens is 386 g/mol. The third-order valence-electron chi connectivity index (χ3n) is 3.69. The summed E-state index contributed by atoms with van der Waals surface area (Å²) in [6, 6.07) is 10.4. The second-order valence-electron chi connectivity index (χ2n) is 5.78. The predicted molar refractivity (Wildman–Crippen MR) is 105 cm³/mol. The fourth-order valence-corrected chi connectivity index (χ4v) is 2.65. The van der Waals surface area contributed by atoms with Gasteiger partial charge in [0.05, 0.1) is 31.4 Å². The van der Waals surface area contributed by atoms with Crippen LogP contribution in [0.15, 0.2) is 36.4 Å². The Morgan fingerprint density at radius 1 is 1.11 bits per heavy atom. The Labute approximate surface area is 168 Å². The van der Waals surface area contributed by atoms with Crippen LogP contribution >= 0.6 is 11.6 Å². The van der Waals surface area contributed by atoms with Gasteiger partial charge in [-0.15, -0.1) is 0 Å². The zero-order chi connectivity index (χ0) is 20.5. The van der Waals surface area contributed by atoms with Crippen molar-refractivity contribution in [2.45, 2.75) is 6.92 Å². The van der Waals surface area contributed by atoms with E-state index >= 15 is 0 Å². The van der Waals surface area contributed by atoms with Crippen LogP contribution < -0.4 is 19.5 Å². The first-order valence-electron chi connectivity index (χ1n) is 8.49. The molecule has 0 unspecified atom stereocenters. The van der Waals surface area contributed by atoms with Crippen LogP contribution in [0.1, 0.15) is 15.9 Å². The minimum atomic E-state index is -0.700.